The molecule has 114 valence electrons. The lowest BCUT2D eigenvalue weighted by Gasteiger charge is -2.32. The van der Waals surface area contributed by atoms with Gasteiger partial charge in [0.25, 0.3) is 0 Å². The van der Waals surface area contributed by atoms with Crippen LogP contribution in [0.5, 0.6) is 5.75 Å². The van der Waals surface area contributed by atoms with E-state index in [4.69, 9.17) is 4.74 Å². The summed E-state index contributed by atoms with van der Waals surface area (Å²) in [7, 11) is 1.60. The van der Waals surface area contributed by atoms with E-state index in [-0.39, 0.29) is 6.03 Å². The van der Waals surface area contributed by atoms with Crippen molar-refractivity contribution < 1.29 is 9.53 Å². The zero-order valence-corrected chi connectivity index (χ0v) is 13.4. The molecule has 0 spiro atoms. The summed E-state index contributed by atoms with van der Waals surface area (Å²) in [5.41, 5.74) is 1.64. The van der Waals surface area contributed by atoms with Gasteiger partial charge in [-0.2, -0.15) is 0 Å². The SMILES string of the molecule is COc1ccccc1NC(=O)N1C[C@H](C)Sc2ccccc21. The highest BCUT2D eigenvalue weighted by Crippen LogP contribution is 2.38. The first-order valence-corrected chi connectivity index (χ1v) is 8.04. The maximum atomic E-state index is 12.7. The third-order valence-electron chi connectivity index (χ3n) is 3.52. The van der Waals surface area contributed by atoms with Gasteiger partial charge in [-0.1, -0.05) is 31.2 Å². The molecular formula is C17H18N2O2S. The van der Waals surface area contributed by atoms with Crippen LogP contribution in [0.2, 0.25) is 0 Å². The molecule has 0 aliphatic carbocycles. The van der Waals surface area contributed by atoms with Crippen LogP contribution in [0.3, 0.4) is 0 Å². The lowest BCUT2D eigenvalue weighted by atomic mass is 10.2. The summed E-state index contributed by atoms with van der Waals surface area (Å²) in [4.78, 5) is 15.6. The minimum atomic E-state index is -0.135. The number of carbonyl (C=O) groups excluding carboxylic acids is 1. The Balaban J connectivity index is 1.86. The van der Waals surface area contributed by atoms with Gasteiger partial charge in [-0.15, -0.1) is 11.8 Å². The van der Waals surface area contributed by atoms with E-state index >= 15 is 0 Å². The number of fused-ring (bicyclic) bond motifs is 1. The second kappa shape index (κ2) is 6.32. The number of carbonyl (C=O) groups is 1. The Morgan fingerprint density at radius 1 is 1.23 bits per heavy atom. The van der Waals surface area contributed by atoms with Gasteiger partial charge < -0.3 is 10.1 Å². The number of thioether (sulfide) groups is 1. The maximum absolute atomic E-state index is 12.7. The highest BCUT2D eigenvalue weighted by atomic mass is 32.2. The predicted molar refractivity (Wildman–Crippen MR) is 91.1 cm³/mol. The van der Waals surface area contributed by atoms with Crippen molar-refractivity contribution in [1.29, 1.82) is 0 Å². The molecule has 4 nitrogen and oxygen atoms in total. The molecule has 2 aromatic rings. The van der Waals surface area contributed by atoms with Crippen molar-refractivity contribution in [2.45, 2.75) is 17.1 Å². The molecule has 2 aromatic carbocycles. The predicted octanol–water partition coefficient (Wildman–Crippen LogP) is 4.23. The van der Waals surface area contributed by atoms with E-state index in [0.717, 1.165) is 10.6 Å². The van der Waals surface area contributed by atoms with Crippen LogP contribution < -0.4 is 15.0 Å². The molecule has 3 rings (SSSR count). The van der Waals surface area contributed by atoms with Gasteiger partial charge in [0.1, 0.15) is 5.75 Å². The number of anilines is 2. The molecule has 0 unspecified atom stereocenters. The number of nitrogens with zero attached hydrogens (tertiary/aromatic N) is 1. The number of rotatable bonds is 2. The number of urea groups is 1. The lowest BCUT2D eigenvalue weighted by Crippen LogP contribution is -2.41. The van der Waals surface area contributed by atoms with E-state index in [9.17, 15) is 4.79 Å². The summed E-state index contributed by atoms with van der Waals surface area (Å²) in [5.74, 6) is 0.656. The van der Waals surface area contributed by atoms with Crippen molar-refractivity contribution in [1.82, 2.24) is 0 Å². The number of methoxy groups -OCH3 is 1. The van der Waals surface area contributed by atoms with E-state index in [1.165, 1.54) is 0 Å². The summed E-state index contributed by atoms with van der Waals surface area (Å²) in [6.07, 6.45) is 0. The first kappa shape index (κ1) is 14.8. The number of benzene rings is 2. The van der Waals surface area contributed by atoms with E-state index < -0.39 is 0 Å². The Kier molecular flexibility index (Phi) is 4.24. The molecule has 0 saturated carbocycles. The van der Waals surface area contributed by atoms with Crippen LogP contribution in [-0.4, -0.2) is 24.9 Å². The summed E-state index contributed by atoms with van der Waals surface area (Å²) in [5, 5.41) is 3.30. The zero-order valence-electron chi connectivity index (χ0n) is 12.6. The van der Waals surface area contributed by atoms with Crippen LogP contribution >= 0.6 is 11.8 Å². The van der Waals surface area contributed by atoms with Gasteiger partial charge in [0.2, 0.25) is 0 Å². The summed E-state index contributed by atoms with van der Waals surface area (Å²) in [6, 6.07) is 15.3. The van der Waals surface area contributed by atoms with E-state index in [1.807, 2.05) is 42.5 Å². The Morgan fingerprint density at radius 3 is 2.77 bits per heavy atom. The molecule has 1 N–H and O–H groups in total. The van der Waals surface area contributed by atoms with Gasteiger partial charge >= 0.3 is 6.03 Å². The van der Waals surface area contributed by atoms with Crippen LogP contribution in [0.4, 0.5) is 16.2 Å². The minimum absolute atomic E-state index is 0.135. The Morgan fingerprint density at radius 2 is 1.95 bits per heavy atom. The van der Waals surface area contributed by atoms with Crippen molar-refractivity contribution in [2.75, 3.05) is 23.9 Å². The summed E-state index contributed by atoms with van der Waals surface area (Å²) >= 11 is 1.80. The van der Waals surface area contributed by atoms with Crippen LogP contribution in [0, 0.1) is 0 Å². The topological polar surface area (TPSA) is 41.6 Å². The molecule has 5 heteroatoms. The van der Waals surface area contributed by atoms with E-state index in [0.29, 0.717) is 23.2 Å². The molecular weight excluding hydrogens is 296 g/mol. The second-order valence-electron chi connectivity index (χ2n) is 5.14. The largest absolute Gasteiger partial charge is 0.495 e. The van der Waals surface area contributed by atoms with E-state index in [2.05, 4.69) is 18.3 Å². The zero-order chi connectivity index (χ0) is 15.5. The second-order valence-corrected chi connectivity index (χ2v) is 6.62. The Labute approximate surface area is 134 Å². The molecule has 2 amide bonds. The summed E-state index contributed by atoms with van der Waals surface area (Å²) in [6.45, 7) is 2.81. The molecule has 1 heterocycles. The fourth-order valence-corrected chi connectivity index (χ4v) is 3.63. The first-order chi connectivity index (χ1) is 10.7. The fraction of sp³-hybridized carbons (Fsp3) is 0.235. The molecule has 0 bridgehead atoms. The number of hydrogen-bond donors (Lipinski definition) is 1. The fourth-order valence-electron chi connectivity index (χ4n) is 2.51. The third-order valence-corrected chi connectivity index (χ3v) is 4.67. The molecule has 0 radical (unpaired) electrons. The highest BCUT2D eigenvalue weighted by molar-refractivity contribution is 8.00. The van der Waals surface area contributed by atoms with Crippen molar-refractivity contribution in [3.05, 3.63) is 48.5 Å². The maximum Gasteiger partial charge on any atom is 0.326 e. The van der Waals surface area contributed by atoms with Gasteiger partial charge in [-0.3, -0.25) is 4.90 Å². The smallest absolute Gasteiger partial charge is 0.326 e. The van der Waals surface area contributed by atoms with Crippen LogP contribution in [0.25, 0.3) is 0 Å². The van der Waals surface area contributed by atoms with Crippen molar-refractivity contribution in [2.24, 2.45) is 0 Å². The van der Waals surface area contributed by atoms with Gasteiger partial charge in [-0.05, 0) is 24.3 Å². The van der Waals surface area contributed by atoms with Crippen molar-refractivity contribution in [3.63, 3.8) is 0 Å². The average Bonchev–Trinajstić information content (AvgIpc) is 2.54. The van der Waals surface area contributed by atoms with E-state index in [1.54, 1.807) is 23.8 Å². The molecule has 0 aromatic heterocycles. The third kappa shape index (κ3) is 2.90. The Bertz CT molecular complexity index is 690. The molecule has 0 fully saturated rings. The minimum Gasteiger partial charge on any atom is -0.495 e. The standard InChI is InChI=1S/C17H18N2O2S/c1-12-11-19(14-8-4-6-10-16(14)22-12)17(20)18-13-7-3-5-9-15(13)21-2/h3-10,12H,11H2,1-2H3,(H,18,20)/t12-/m0/s1. The highest BCUT2D eigenvalue weighted by Gasteiger charge is 2.27. The van der Waals surface area contributed by atoms with Gasteiger partial charge in [0.15, 0.2) is 0 Å². The number of ether oxygens (including phenoxy) is 1. The number of amides is 2. The number of nitrogens with one attached hydrogen (secondary N) is 1. The van der Waals surface area contributed by atoms with Gasteiger partial charge in [0.05, 0.1) is 18.5 Å². The average molecular weight is 314 g/mol. The normalized spacial score (nSPS) is 16.8. The van der Waals surface area contributed by atoms with Crippen molar-refractivity contribution >= 4 is 29.2 Å². The van der Waals surface area contributed by atoms with Crippen LogP contribution in [-0.2, 0) is 0 Å². The first-order valence-electron chi connectivity index (χ1n) is 7.16. The molecule has 1 atom stereocenters. The summed E-state index contributed by atoms with van der Waals surface area (Å²) < 4.78 is 5.29. The molecule has 0 saturated heterocycles. The lowest BCUT2D eigenvalue weighted by molar-refractivity contribution is 0.256. The van der Waals surface area contributed by atoms with Crippen LogP contribution in [0.15, 0.2) is 53.4 Å². The number of hydrogen-bond acceptors (Lipinski definition) is 3. The van der Waals surface area contributed by atoms with Gasteiger partial charge in [-0.25, -0.2) is 4.79 Å². The monoisotopic (exact) mass is 314 g/mol. The molecule has 1 aliphatic heterocycles. The molecule has 22 heavy (non-hydrogen) atoms. The van der Waals surface area contributed by atoms with Gasteiger partial charge in [0, 0.05) is 16.7 Å². The van der Waals surface area contributed by atoms with Crippen LogP contribution in [0.1, 0.15) is 6.92 Å². The van der Waals surface area contributed by atoms with Crippen molar-refractivity contribution in [3.8, 4) is 5.75 Å². The number of para-hydroxylation sites is 3. The Hall–Kier alpha value is -2.14. The molecule has 1 aliphatic rings. The quantitative estimate of drug-likeness (QED) is 0.902.